The van der Waals surface area contributed by atoms with Crippen molar-refractivity contribution in [2.45, 2.75) is 45.3 Å². The van der Waals surface area contributed by atoms with Gasteiger partial charge in [0.05, 0.1) is 12.7 Å². The summed E-state index contributed by atoms with van der Waals surface area (Å²) in [5.41, 5.74) is 0.879. The highest BCUT2D eigenvalue weighted by atomic mass is 16.6. The van der Waals surface area contributed by atoms with Crippen molar-refractivity contribution in [2.75, 3.05) is 25.5 Å². The number of nitrogens with zero attached hydrogens (tertiary/aromatic N) is 1. The van der Waals surface area contributed by atoms with Crippen LogP contribution in [0, 0.1) is 0 Å². The number of ether oxygens (including phenoxy) is 3. The number of carbonyl (C=O) groups excluding carboxylic acids is 3. The summed E-state index contributed by atoms with van der Waals surface area (Å²) in [6.45, 7) is 6.43. The van der Waals surface area contributed by atoms with Gasteiger partial charge in [0, 0.05) is 37.2 Å². The molecule has 8 nitrogen and oxygen atoms in total. The highest BCUT2D eigenvalue weighted by Crippen LogP contribution is 2.20. The zero-order chi connectivity index (χ0) is 24.0. The number of hydrogen-bond acceptors (Lipinski definition) is 6. The van der Waals surface area contributed by atoms with Crippen molar-refractivity contribution in [3.63, 3.8) is 0 Å². The molecule has 0 unspecified atom stereocenters. The first-order valence-corrected chi connectivity index (χ1v) is 10.9. The largest absolute Gasteiger partial charge is 0.497 e. The van der Waals surface area contributed by atoms with Crippen LogP contribution in [0.4, 0.5) is 10.5 Å². The van der Waals surface area contributed by atoms with Gasteiger partial charge in [-0.3, -0.25) is 4.79 Å². The molecular formula is C25H30N2O6. The second-order valence-corrected chi connectivity index (χ2v) is 8.84. The van der Waals surface area contributed by atoms with Crippen molar-refractivity contribution in [3.8, 4) is 5.75 Å². The summed E-state index contributed by atoms with van der Waals surface area (Å²) in [5.74, 6) is -0.116. The Labute approximate surface area is 193 Å². The lowest BCUT2D eigenvalue weighted by Crippen LogP contribution is -2.43. The summed E-state index contributed by atoms with van der Waals surface area (Å²) in [5, 5.41) is 2.79. The van der Waals surface area contributed by atoms with Crippen LogP contribution in [0.3, 0.4) is 0 Å². The fraction of sp³-hybridized carbons (Fsp3) is 0.400. The highest BCUT2D eigenvalue weighted by molar-refractivity contribution is 6.04. The lowest BCUT2D eigenvalue weighted by molar-refractivity contribution is -0.00341. The van der Waals surface area contributed by atoms with Crippen LogP contribution in [0.25, 0.3) is 0 Å². The second-order valence-electron chi connectivity index (χ2n) is 8.84. The maximum absolute atomic E-state index is 12.5. The number of likely N-dealkylation sites (tertiary alicyclic amines) is 1. The van der Waals surface area contributed by atoms with E-state index in [1.807, 2.05) is 20.8 Å². The van der Waals surface area contributed by atoms with Crippen molar-refractivity contribution in [1.82, 2.24) is 4.90 Å². The quantitative estimate of drug-likeness (QED) is 0.669. The van der Waals surface area contributed by atoms with Gasteiger partial charge >= 0.3 is 12.1 Å². The predicted octanol–water partition coefficient (Wildman–Crippen LogP) is 4.50. The molecule has 1 aliphatic rings. The van der Waals surface area contributed by atoms with E-state index in [1.165, 1.54) is 0 Å². The van der Waals surface area contributed by atoms with Crippen LogP contribution in [-0.4, -0.2) is 54.8 Å². The van der Waals surface area contributed by atoms with E-state index in [-0.39, 0.29) is 18.1 Å². The normalized spacial score (nSPS) is 14.4. The Morgan fingerprint density at radius 2 is 1.64 bits per heavy atom. The Balaban J connectivity index is 1.49. The maximum Gasteiger partial charge on any atom is 0.410 e. The minimum absolute atomic E-state index is 0.261. The average molecular weight is 455 g/mol. The van der Waals surface area contributed by atoms with Crippen molar-refractivity contribution < 1.29 is 28.6 Å². The number of methoxy groups -OCH3 is 1. The van der Waals surface area contributed by atoms with Gasteiger partial charge in [0.1, 0.15) is 17.5 Å². The highest BCUT2D eigenvalue weighted by Gasteiger charge is 2.28. The molecule has 1 fully saturated rings. The molecule has 1 aliphatic heterocycles. The summed E-state index contributed by atoms with van der Waals surface area (Å²) in [7, 11) is 1.54. The van der Waals surface area contributed by atoms with Gasteiger partial charge in [-0.2, -0.15) is 0 Å². The van der Waals surface area contributed by atoms with Gasteiger partial charge in [-0.25, -0.2) is 9.59 Å². The maximum atomic E-state index is 12.5. The van der Waals surface area contributed by atoms with E-state index in [0.717, 1.165) is 0 Å². The van der Waals surface area contributed by atoms with Crippen LogP contribution in [0.15, 0.2) is 48.5 Å². The predicted molar refractivity (Wildman–Crippen MR) is 124 cm³/mol. The number of nitrogens with one attached hydrogen (secondary N) is 1. The SMILES string of the molecule is COc1cccc(C(=O)Nc2ccc(C(=O)OC3CCN(C(=O)OC(C)(C)C)CC3)cc2)c1. The monoisotopic (exact) mass is 454 g/mol. The third-order valence-electron chi connectivity index (χ3n) is 5.08. The average Bonchev–Trinajstić information content (AvgIpc) is 2.79. The first kappa shape index (κ1) is 24.1. The first-order chi connectivity index (χ1) is 15.6. The van der Waals surface area contributed by atoms with Gasteiger partial charge in [0.25, 0.3) is 5.91 Å². The minimum atomic E-state index is -0.542. The molecule has 176 valence electrons. The minimum Gasteiger partial charge on any atom is -0.497 e. The molecule has 0 saturated carbocycles. The number of benzene rings is 2. The fourth-order valence-corrected chi connectivity index (χ4v) is 3.36. The summed E-state index contributed by atoms with van der Waals surface area (Å²) in [6.07, 6.45) is 0.502. The van der Waals surface area contributed by atoms with E-state index in [2.05, 4.69) is 5.32 Å². The van der Waals surface area contributed by atoms with E-state index >= 15 is 0 Å². The Morgan fingerprint density at radius 1 is 0.970 bits per heavy atom. The van der Waals surface area contributed by atoms with Crippen molar-refractivity contribution >= 4 is 23.7 Å². The molecule has 0 radical (unpaired) electrons. The first-order valence-electron chi connectivity index (χ1n) is 10.9. The topological polar surface area (TPSA) is 94.2 Å². The van der Waals surface area contributed by atoms with Crippen LogP contribution in [-0.2, 0) is 9.47 Å². The molecule has 1 heterocycles. The molecule has 3 rings (SSSR count). The van der Waals surface area contributed by atoms with Crippen molar-refractivity contribution in [2.24, 2.45) is 0 Å². The molecule has 0 atom stereocenters. The number of rotatable bonds is 5. The van der Waals surface area contributed by atoms with Crippen LogP contribution in [0.1, 0.15) is 54.3 Å². The van der Waals surface area contributed by atoms with E-state index < -0.39 is 11.6 Å². The van der Waals surface area contributed by atoms with Crippen LogP contribution < -0.4 is 10.1 Å². The molecule has 0 aromatic heterocycles. The summed E-state index contributed by atoms with van der Waals surface area (Å²) in [4.78, 5) is 38.7. The second kappa shape index (κ2) is 10.4. The number of hydrogen-bond donors (Lipinski definition) is 1. The molecule has 0 bridgehead atoms. The molecule has 0 spiro atoms. The molecule has 2 amide bonds. The van der Waals surface area contributed by atoms with Crippen molar-refractivity contribution in [3.05, 3.63) is 59.7 Å². The fourth-order valence-electron chi connectivity index (χ4n) is 3.36. The van der Waals surface area contributed by atoms with E-state index in [4.69, 9.17) is 14.2 Å². The summed E-state index contributed by atoms with van der Waals surface area (Å²) < 4.78 is 16.1. The Bertz CT molecular complexity index is 989. The van der Waals surface area contributed by atoms with Crippen molar-refractivity contribution in [1.29, 1.82) is 0 Å². The smallest absolute Gasteiger partial charge is 0.410 e. The molecular weight excluding hydrogens is 424 g/mol. The lowest BCUT2D eigenvalue weighted by Gasteiger charge is -2.33. The van der Waals surface area contributed by atoms with Gasteiger partial charge in [-0.1, -0.05) is 6.07 Å². The van der Waals surface area contributed by atoms with Gasteiger partial charge < -0.3 is 24.4 Å². The molecule has 1 saturated heterocycles. The van der Waals surface area contributed by atoms with Gasteiger partial charge in [0.2, 0.25) is 0 Å². The van der Waals surface area contributed by atoms with E-state index in [9.17, 15) is 14.4 Å². The summed E-state index contributed by atoms with van der Waals surface area (Å²) in [6, 6.07) is 13.4. The standard InChI is InChI=1S/C25H30N2O6/c1-25(2,3)33-24(30)27-14-12-20(13-15-27)32-23(29)17-8-10-19(11-9-17)26-22(28)18-6-5-7-21(16-18)31-4/h5-11,16,20H,12-15H2,1-4H3,(H,26,28). The molecule has 2 aromatic carbocycles. The van der Waals surface area contributed by atoms with Crippen LogP contribution in [0.5, 0.6) is 5.75 Å². The van der Waals surface area contributed by atoms with Gasteiger partial charge in [-0.05, 0) is 63.2 Å². The number of amides is 2. The molecule has 8 heteroatoms. The number of esters is 1. The van der Waals surface area contributed by atoms with E-state index in [0.29, 0.717) is 48.5 Å². The van der Waals surface area contributed by atoms with Crippen LogP contribution in [0.2, 0.25) is 0 Å². The van der Waals surface area contributed by atoms with Crippen LogP contribution >= 0.6 is 0 Å². The molecule has 1 N–H and O–H groups in total. The van der Waals surface area contributed by atoms with Gasteiger partial charge in [-0.15, -0.1) is 0 Å². The third kappa shape index (κ3) is 6.97. The molecule has 33 heavy (non-hydrogen) atoms. The molecule has 2 aromatic rings. The van der Waals surface area contributed by atoms with Gasteiger partial charge in [0.15, 0.2) is 0 Å². The number of piperidine rings is 1. The summed E-state index contributed by atoms with van der Waals surface area (Å²) >= 11 is 0. The Kier molecular flexibility index (Phi) is 7.58. The third-order valence-corrected chi connectivity index (χ3v) is 5.08. The number of carbonyl (C=O) groups is 3. The zero-order valence-corrected chi connectivity index (χ0v) is 19.4. The molecule has 0 aliphatic carbocycles. The number of anilines is 1. The zero-order valence-electron chi connectivity index (χ0n) is 19.4. The lowest BCUT2D eigenvalue weighted by atomic mass is 10.1. The van der Waals surface area contributed by atoms with E-state index in [1.54, 1.807) is 60.5 Å². The Hall–Kier alpha value is -3.55. The Morgan fingerprint density at radius 3 is 2.24 bits per heavy atom.